The highest BCUT2D eigenvalue weighted by Gasteiger charge is 2.29. The Hall–Kier alpha value is -2.86. The molecule has 0 radical (unpaired) electrons. The van der Waals surface area contributed by atoms with Crippen LogP contribution in [0.1, 0.15) is 29.9 Å². The summed E-state index contributed by atoms with van der Waals surface area (Å²) >= 11 is 0. The zero-order chi connectivity index (χ0) is 19.2. The van der Waals surface area contributed by atoms with Gasteiger partial charge in [-0.3, -0.25) is 0 Å². The molecule has 1 aliphatic rings. The number of benzene rings is 2. The fourth-order valence-electron chi connectivity index (χ4n) is 3.50. The number of alkyl carbamates (subject to hydrolysis) is 1. The third-order valence-electron chi connectivity index (χ3n) is 4.82. The molecule has 3 rings (SSSR count). The summed E-state index contributed by atoms with van der Waals surface area (Å²) in [5, 5.41) is 2.58. The molecule has 27 heavy (non-hydrogen) atoms. The number of methoxy groups -OCH3 is 1. The Labute approximate surface area is 158 Å². The standard InChI is InChI=1S/C21H24N2O4/c1-26-20(24)19(11-6-12-22)23-21(25)27-13-18-16-9-4-2-7-14(16)15-8-3-5-10-17(15)18/h2-5,7-10,18-19H,6,11-13,22H2,1H3,(H,23,25)/t19-/m1/s1. The zero-order valence-electron chi connectivity index (χ0n) is 15.3. The molecule has 1 aliphatic carbocycles. The number of hydrogen-bond acceptors (Lipinski definition) is 5. The van der Waals surface area contributed by atoms with Crippen molar-refractivity contribution in [2.24, 2.45) is 5.73 Å². The summed E-state index contributed by atoms with van der Waals surface area (Å²) in [4.78, 5) is 24.1. The molecule has 142 valence electrons. The van der Waals surface area contributed by atoms with Gasteiger partial charge >= 0.3 is 12.1 Å². The van der Waals surface area contributed by atoms with Crippen LogP contribution in [0, 0.1) is 0 Å². The summed E-state index contributed by atoms with van der Waals surface area (Å²) in [5.74, 6) is -0.527. The van der Waals surface area contributed by atoms with E-state index < -0.39 is 18.1 Å². The van der Waals surface area contributed by atoms with Gasteiger partial charge in [0.25, 0.3) is 0 Å². The molecule has 2 aromatic carbocycles. The van der Waals surface area contributed by atoms with Gasteiger partial charge in [0.05, 0.1) is 7.11 Å². The number of rotatable bonds is 7. The van der Waals surface area contributed by atoms with E-state index in [2.05, 4.69) is 29.6 Å². The fourth-order valence-corrected chi connectivity index (χ4v) is 3.50. The predicted octanol–water partition coefficient (Wildman–Crippen LogP) is 2.81. The van der Waals surface area contributed by atoms with Crippen LogP contribution in [0.5, 0.6) is 0 Å². The Kier molecular flexibility index (Phi) is 6.08. The van der Waals surface area contributed by atoms with Crippen molar-refractivity contribution in [1.29, 1.82) is 0 Å². The lowest BCUT2D eigenvalue weighted by atomic mass is 9.98. The van der Waals surface area contributed by atoms with Gasteiger partial charge in [0, 0.05) is 5.92 Å². The number of hydrogen-bond donors (Lipinski definition) is 2. The van der Waals surface area contributed by atoms with E-state index >= 15 is 0 Å². The monoisotopic (exact) mass is 368 g/mol. The van der Waals surface area contributed by atoms with E-state index in [-0.39, 0.29) is 12.5 Å². The molecule has 1 atom stereocenters. The SMILES string of the molecule is COC(=O)[C@@H](CCCN)NC(=O)OCC1c2ccccc2-c2ccccc21. The fraction of sp³-hybridized carbons (Fsp3) is 0.333. The molecule has 2 aromatic rings. The summed E-state index contributed by atoms with van der Waals surface area (Å²) < 4.78 is 10.2. The first-order valence-electron chi connectivity index (χ1n) is 9.05. The summed E-state index contributed by atoms with van der Waals surface area (Å²) in [6.07, 6.45) is 0.376. The van der Waals surface area contributed by atoms with E-state index in [1.807, 2.05) is 24.3 Å². The number of nitrogens with one attached hydrogen (secondary N) is 1. The molecule has 6 heteroatoms. The predicted molar refractivity (Wildman–Crippen MR) is 102 cm³/mol. The van der Waals surface area contributed by atoms with Gasteiger partial charge in [0.1, 0.15) is 12.6 Å². The highest BCUT2D eigenvalue weighted by atomic mass is 16.6. The van der Waals surface area contributed by atoms with Gasteiger partial charge in [-0.1, -0.05) is 48.5 Å². The Morgan fingerprint density at radius 3 is 2.22 bits per heavy atom. The largest absolute Gasteiger partial charge is 0.467 e. The lowest BCUT2D eigenvalue weighted by Gasteiger charge is -2.18. The van der Waals surface area contributed by atoms with Crippen LogP contribution >= 0.6 is 0 Å². The Morgan fingerprint density at radius 2 is 1.67 bits per heavy atom. The van der Waals surface area contributed by atoms with Crippen LogP contribution in [0.25, 0.3) is 11.1 Å². The second-order valence-corrected chi connectivity index (χ2v) is 6.48. The second-order valence-electron chi connectivity index (χ2n) is 6.48. The molecule has 0 aliphatic heterocycles. The van der Waals surface area contributed by atoms with Gasteiger partial charge in [-0.25, -0.2) is 9.59 Å². The minimum Gasteiger partial charge on any atom is -0.467 e. The molecule has 0 heterocycles. The molecule has 0 unspecified atom stereocenters. The first-order chi connectivity index (χ1) is 13.2. The molecule has 0 bridgehead atoms. The maximum Gasteiger partial charge on any atom is 0.407 e. The number of nitrogens with two attached hydrogens (primary N) is 1. The Morgan fingerprint density at radius 1 is 1.07 bits per heavy atom. The molecule has 0 spiro atoms. The molecule has 0 fully saturated rings. The molecular weight excluding hydrogens is 344 g/mol. The highest BCUT2D eigenvalue weighted by Crippen LogP contribution is 2.44. The molecule has 6 nitrogen and oxygen atoms in total. The van der Waals surface area contributed by atoms with Crippen LogP contribution in [0.2, 0.25) is 0 Å². The number of fused-ring (bicyclic) bond motifs is 3. The first kappa shape index (κ1) is 18.9. The Balaban J connectivity index is 1.67. The van der Waals surface area contributed by atoms with Gasteiger partial charge in [-0.05, 0) is 41.6 Å². The third kappa shape index (κ3) is 4.11. The average Bonchev–Trinajstić information content (AvgIpc) is 3.03. The second kappa shape index (κ2) is 8.68. The van der Waals surface area contributed by atoms with E-state index in [4.69, 9.17) is 15.2 Å². The molecular formula is C21H24N2O4. The smallest absolute Gasteiger partial charge is 0.407 e. The van der Waals surface area contributed by atoms with Crippen LogP contribution in [0.3, 0.4) is 0 Å². The van der Waals surface area contributed by atoms with Crippen molar-refractivity contribution in [2.45, 2.75) is 24.8 Å². The lowest BCUT2D eigenvalue weighted by Crippen LogP contribution is -2.42. The lowest BCUT2D eigenvalue weighted by molar-refractivity contribution is -0.143. The van der Waals surface area contributed by atoms with Crippen LogP contribution in [0.15, 0.2) is 48.5 Å². The van der Waals surface area contributed by atoms with Crippen molar-refractivity contribution in [1.82, 2.24) is 5.32 Å². The van der Waals surface area contributed by atoms with Gasteiger partial charge < -0.3 is 20.5 Å². The average molecular weight is 368 g/mol. The highest BCUT2D eigenvalue weighted by molar-refractivity contribution is 5.82. The van der Waals surface area contributed by atoms with Gasteiger partial charge in [-0.2, -0.15) is 0 Å². The van der Waals surface area contributed by atoms with E-state index in [9.17, 15) is 9.59 Å². The van der Waals surface area contributed by atoms with Gasteiger partial charge in [0.15, 0.2) is 0 Å². The van der Waals surface area contributed by atoms with Crippen LogP contribution in [-0.4, -0.2) is 38.4 Å². The molecule has 1 amide bonds. The molecule has 3 N–H and O–H groups in total. The van der Waals surface area contributed by atoms with Crippen molar-refractivity contribution >= 4 is 12.1 Å². The van der Waals surface area contributed by atoms with Crippen molar-refractivity contribution in [2.75, 3.05) is 20.3 Å². The maximum absolute atomic E-state index is 12.2. The summed E-state index contributed by atoms with van der Waals surface area (Å²) in [6, 6.07) is 15.5. The number of amides is 1. The minimum absolute atomic E-state index is 0.0243. The van der Waals surface area contributed by atoms with E-state index in [0.29, 0.717) is 19.4 Å². The Bertz CT molecular complexity index is 776. The van der Waals surface area contributed by atoms with Crippen molar-refractivity contribution < 1.29 is 19.1 Å². The zero-order valence-corrected chi connectivity index (χ0v) is 15.3. The number of carbonyl (C=O) groups excluding carboxylic acids is 2. The molecule has 0 saturated carbocycles. The quantitative estimate of drug-likeness (QED) is 0.734. The topological polar surface area (TPSA) is 90.6 Å². The number of ether oxygens (including phenoxy) is 2. The molecule has 0 saturated heterocycles. The summed E-state index contributed by atoms with van der Waals surface area (Å²) in [7, 11) is 1.29. The summed E-state index contributed by atoms with van der Waals surface area (Å²) in [6.45, 7) is 0.629. The normalized spacial score (nSPS) is 13.4. The van der Waals surface area contributed by atoms with Gasteiger partial charge in [0.2, 0.25) is 0 Å². The van der Waals surface area contributed by atoms with Crippen LogP contribution < -0.4 is 11.1 Å². The maximum atomic E-state index is 12.2. The van der Waals surface area contributed by atoms with E-state index in [1.165, 1.54) is 7.11 Å². The third-order valence-corrected chi connectivity index (χ3v) is 4.82. The van der Waals surface area contributed by atoms with Crippen LogP contribution in [0.4, 0.5) is 4.79 Å². The van der Waals surface area contributed by atoms with E-state index in [1.54, 1.807) is 0 Å². The van der Waals surface area contributed by atoms with Crippen molar-refractivity contribution in [3.8, 4) is 11.1 Å². The summed E-state index contributed by atoms with van der Waals surface area (Å²) in [5.41, 5.74) is 10.1. The van der Waals surface area contributed by atoms with Gasteiger partial charge in [-0.15, -0.1) is 0 Å². The first-order valence-corrected chi connectivity index (χ1v) is 9.05. The number of esters is 1. The molecule has 0 aromatic heterocycles. The van der Waals surface area contributed by atoms with E-state index in [0.717, 1.165) is 22.3 Å². The van der Waals surface area contributed by atoms with Crippen molar-refractivity contribution in [3.63, 3.8) is 0 Å². The van der Waals surface area contributed by atoms with Crippen LogP contribution in [-0.2, 0) is 14.3 Å². The van der Waals surface area contributed by atoms with Crippen molar-refractivity contribution in [3.05, 3.63) is 59.7 Å². The number of carbonyl (C=O) groups is 2. The minimum atomic E-state index is -0.755.